The number of fused-ring (bicyclic) bond motifs is 1. The largest absolute Gasteiger partial charge is 0.299 e. The molecule has 0 amide bonds. The summed E-state index contributed by atoms with van der Waals surface area (Å²) >= 11 is 0. The molecular formula is C19H15N7. The highest BCUT2D eigenvalue weighted by Crippen LogP contribution is 2.23. The van der Waals surface area contributed by atoms with Gasteiger partial charge in [-0.1, -0.05) is 18.2 Å². The molecule has 0 unspecified atom stereocenters. The molecule has 7 nitrogen and oxygen atoms in total. The van der Waals surface area contributed by atoms with Crippen LogP contribution in [0, 0.1) is 0 Å². The van der Waals surface area contributed by atoms with Gasteiger partial charge in [-0.25, -0.2) is 19.2 Å². The molecule has 0 atom stereocenters. The van der Waals surface area contributed by atoms with Crippen molar-refractivity contribution < 1.29 is 0 Å². The average Bonchev–Trinajstić information content (AvgIpc) is 3.42. The van der Waals surface area contributed by atoms with Crippen LogP contribution in [-0.4, -0.2) is 33.9 Å². The Balaban J connectivity index is 1.58. The van der Waals surface area contributed by atoms with Crippen LogP contribution in [0.5, 0.6) is 0 Å². The number of imidazole rings is 1. The molecule has 7 heteroatoms. The second-order valence-corrected chi connectivity index (χ2v) is 5.96. The summed E-state index contributed by atoms with van der Waals surface area (Å²) in [6.45, 7) is 0.673. The topological polar surface area (TPSA) is 65.8 Å². The van der Waals surface area contributed by atoms with E-state index < -0.39 is 0 Å². The van der Waals surface area contributed by atoms with E-state index in [-0.39, 0.29) is 0 Å². The Hall–Kier alpha value is -3.74. The minimum atomic E-state index is 0.673. The lowest BCUT2D eigenvalue weighted by atomic mass is 10.2. The second kappa shape index (κ2) is 5.96. The Morgan fingerprint density at radius 3 is 2.81 bits per heavy atom. The smallest absolute Gasteiger partial charge is 0.163 e. The van der Waals surface area contributed by atoms with E-state index in [4.69, 9.17) is 0 Å². The standard InChI is InChI=1S/C19H15N7/c1-3-15(12-24-14-20-13-23-24)11-17(5-1)25-10-9-21-19(25)18-6-2-4-16-7-8-22-26(16)18/h1-11,13-14H,12H2. The first-order valence-corrected chi connectivity index (χ1v) is 8.27. The highest BCUT2D eigenvalue weighted by atomic mass is 15.3. The van der Waals surface area contributed by atoms with Gasteiger partial charge in [-0.2, -0.15) is 10.2 Å². The van der Waals surface area contributed by atoms with Crippen LogP contribution in [0.15, 0.2) is 79.8 Å². The summed E-state index contributed by atoms with van der Waals surface area (Å²) in [6, 6.07) is 16.4. The third-order valence-corrected chi connectivity index (χ3v) is 4.29. The van der Waals surface area contributed by atoms with E-state index in [1.165, 1.54) is 0 Å². The maximum Gasteiger partial charge on any atom is 0.163 e. The average molecular weight is 341 g/mol. The van der Waals surface area contributed by atoms with Crippen LogP contribution in [0.2, 0.25) is 0 Å². The van der Waals surface area contributed by atoms with Crippen molar-refractivity contribution in [3.63, 3.8) is 0 Å². The van der Waals surface area contributed by atoms with Gasteiger partial charge in [0.1, 0.15) is 18.3 Å². The van der Waals surface area contributed by atoms with E-state index in [0.29, 0.717) is 6.54 Å². The fourth-order valence-electron chi connectivity index (χ4n) is 3.13. The van der Waals surface area contributed by atoms with Crippen molar-refractivity contribution in [2.75, 3.05) is 0 Å². The van der Waals surface area contributed by atoms with Crippen LogP contribution in [0.4, 0.5) is 0 Å². The van der Waals surface area contributed by atoms with Crippen LogP contribution in [0.1, 0.15) is 5.56 Å². The molecule has 5 aromatic rings. The van der Waals surface area contributed by atoms with Gasteiger partial charge in [-0.15, -0.1) is 0 Å². The van der Waals surface area contributed by atoms with Crippen molar-refractivity contribution >= 4 is 5.52 Å². The molecule has 0 aliphatic rings. The van der Waals surface area contributed by atoms with Crippen LogP contribution in [0.25, 0.3) is 22.7 Å². The second-order valence-electron chi connectivity index (χ2n) is 5.96. The van der Waals surface area contributed by atoms with Crippen LogP contribution < -0.4 is 0 Å². The third kappa shape index (κ3) is 2.46. The molecule has 4 aromatic heterocycles. The van der Waals surface area contributed by atoms with E-state index >= 15 is 0 Å². The van der Waals surface area contributed by atoms with Gasteiger partial charge < -0.3 is 0 Å². The number of nitrogens with zero attached hydrogens (tertiary/aromatic N) is 7. The van der Waals surface area contributed by atoms with Crippen molar-refractivity contribution in [2.24, 2.45) is 0 Å². The Labute approximate surface area is 149 Å². The molecular weight excluding hydrogens is 326 g/mol. The normalized spacial score (nSPS) is 11.2. The predicted octanol–water partition coefficient (Wildman–Crippen LogP) is 2.83. The molecule has 0 fully saturated rings. The van der Waals surface area contributed by atoms with E-state index in [0.717, 1.165) is 28.3 Å². The van der Waals surface area contributed by atoms with Gasteiger partial charge in [-0.3, -0.25) is 4.57 Å². The molecule has 0 N–H and O–H groups in total. The van der Waals surface area contributed by atoms with Gasteiger partial charge in [0.25, 0.3) is 0 Å². The van der Waals surface area contributed by atoms with Crippen LogP contribution in [0.3, 0.4) is 0 Å². The van der Waals surface area contributed by atoms with Gasteiger partial charge in [0, 0.05) is 18.1 Å². The minimum absolute atomic E-state index is 0.673. The van der Waals surface area contributed by atoms with Crippen molar-refractivity contribution in [1.82, 2.24) is 33.9 Å². The summed E-state index contributed by atoms with van der Waals surface area (Å²) in [7, 11) is 0. The van der Waals surface area contributed by atoms with E-state index in [1.807, 2.05) is 47.2 Å². The zero-order valence-corrected chi connectivity index (χ0v) is 13.8. The summed E-state index contributed by atoms with van der Waals surface area (Å²) in [4.78, 5) is 8.57. The Morgan fingerprint density at radius 1 is 0.923 bits per heavy atom. The van der Waals surface area contributed by atoms with Crippen molar-refractivity contribution in [3.8, 4) is 17.2 Å². The maximum atomic E-state index is 4.57. The first-order valence-electron chi connectivity index (χ1n) is 8.27. The molecule has 0 saturated carbocycles. The van der Waals surface area contributed by atoms with Crippen molar-refractivity contribution in [3.05, 3.63) is 85.3 Å². The van der Waals surface area contributed by atoms with Crippen LogP contribution >= 0.6 is 0 Å². The molecule has 126 valence electrons. The molecule has 5 rings (SSSR count). The van der Waals surface area contributed by atoms with Gasteiger partial charge >= 0.3 is 0 Å². The van der Waals surface area contributed by atoms with Gasteiger partial charge in [-0.05, 0) is 35.9 Å². The third-order valence-electron chi connectivity index (χ3n) is 4.29. The lowest BCUT2D eigenvalue weighted by molar-refractivity contribution is 0.684. The lowest BCUT2D eigenvalue weighted by Gasteiger charge is -2.11. The van der Waals surface area contributed by atoms with Gasteiger partial charge in [0.05, 0.1) is 18.3 Å². The Bertz CT molecular complexity index is 1170. The summed E-state index contributed by atoms with van der Waals surface area (Å²) in [5, 5.41) is 8.59. The number of rotatable bonds is 4. The number of aromatic nitrogens is 7. The Morgan fingerprint density at radius 2 is 1.88 bits per heavy atom. The van der Waals surface area contributed by atoms with E-state index in [1.54, 1.807) is 23.5 Å². The number of pyridine rings is 1. The highest BCUT2D eigenvalue weighted by Gasteiger charge is 2.12. The van der Waals surface area contributed by atoms with Crippen molar-refractivity contribution in [1.29, 1.82) is 0 Å². The minimum Gasteiger partial charge on any atom is -0.299 e. The van der Waals surface area contributed by atoms with E-state index in [2.05, 4.69) is 42.9 Å². The molecule has 0 aliphatic carbocycles. The molecule has 1 aromatic carbocycles. The quantitative estimate of drug-likeness (QED) is 0.504. The SMILES string of the molecule is c1cc(Cn2cncn2)cc(-n2ccnc2-c2cccc3ccnn23)c1. The molecule has 0 saturated heterocycles. The van der Waals surface area contributed by atoms with E-state index in [9.17, 15) is 0 Å². The monoisotopic (exact) mass is 341 g/mol. The molecule has 0 radical (unpaired) electrons. The summed E-state index contributed by atoms with van der Waals surface area (Å²) < 4.78 is 5.78. The maximum absolute atomic E-state index is 4.57. The molecule has 26 heavy (non-hydrogen) atoms. The first-order chi connectivity index (χ1) is 12.9. The summed E-state index contributed by atoms with van der Waals surface area (Å²) in [5.41, 5.74) is 4.17. The van der Waals surface area contributed by atoms with Crippen LogP contribution in [-0.2, 0) is 6.54 Å². The lowest BCUT2D eigenvalue weighted by Crippen LogP contribution is -2.03. The summed E-state index contributed by atoms with van der Waals surface area (Å²) in [5.74, 6) is 0.845. The fourth-order valence-corrected chi connectivity index (χ4v) is 3.13. The summed E-state index contributed by atoms with van der Waals surface area (Å²) in [6.07, 6.45) is 8.83. The van der Waals surface area contributed by atoms with Crippen molar-refractivity contribution in [2.45, 2.75) is 6.54 Å². The number of hydrogen-bond donors (Lipinski definition) is 0. The highest BCUT2D eigenvalue weighted by molar-refractivity contribution is 5.61. The zero-order valence-electron chi connectivity index (χ0n) is 13.8. The zero-order chi connectivity index (χ0) is 17.3. The van der Waals surface area contributed by atoms with Gasteiger partial charge in [0.15, 0.2) is 5.82 Å². The Kier molecular flexibility index (Phi) is 3.35. The molecule has 4 heterocycles. The molecule has 0 spiro atoms. The number of hydrogen-bond acceptors (Lipinski definition) is 4. The van der Waals surface area contributed by atoms with Gasteiger partial charge in [0.2, 0.25) is 0 Å². The first kappa shape index (κ1) is 14.6. The molecule has 0 bridgehead atoms. The number of benzene rings is 1. The predicted molar refractivity (Wildman–Crippen MR) is 96.9 cm³/mol. The molecule has 0 aliphatic heterocycles. The fraction of sp³-hybridized carbons (Fsp3) is 0.0526.